The zero-order valence-electron chi connectivity index (χ0n) is 20.9. The minimum absolute atomic E-state index is 0.172. The van der Waals surface area contributed by atoms with Crippen LogP contribution in [0.3, 0.4) is 0 Å². The molecule has 1 heterocycles. The Morgan fingerprint density at radius 1 is 0.767 bits per heavy atom. The zero-order chi connectivity index (χ0) is 21.8. The van der Waals surface area contributed by atoms with Gasteiger partial charge in [-0.2, -0.15) is 4.58 Å². The van der Waals surface area contributed by atoms with Crippen LogP contribution in [0.4, 0.5) is 5.69 Å². The SMILES string of the molecule is CCCCCCCCCCCCCCCC(C)C[N+]1=C(C)C(C)(C)c2ccccc21. The van der Waals surface area contributed by atoms with Crippen LogP contribution >= 0.6 is 0 Å². The molecule has 0 spiro atoms. The molecule has 0 radical (unpaired) electrons. The highest BCUT2D eigenvalue weighted by atomic mass is 15.1. The molecule has 1 aliphatic heterocycles. The van der Waals surface area contributed by atoms with Crippen LogP contribution in [0.1, 0.15) is 130 Å². The summed E-state index contributed by atoms with van der Waals surface area (Å²) in [7, 11) is 0. The molecule has 0 N–H and O–H groups in total. The van der Waals surface area contributed by atoms with Crippen LogP contribution < -0.4 is 0 Å². The van der Waals surface area contributed by atoms with Gasteiger partial charge in [-0.3, -0.25) is 0 Å². The molecule has 0 aromatic heterocycles. The lowest BCUT2D eigenvalue weighted by molar-refractivity contribution is -0.447. The Bertz CT molecular complexity index is 640. The van der Waals surface area contributed by atoms with Crippen LogP contribution in [-0.2, 0) is 5.41 Å². The predicted octanol–water partition coefficient (Wildman–Crippen LogP) is 9.20. The summed E-state index contributed by atoms with van der Waals surface area (Å²) in [6.45, 7) is 13.0. The molecule has 170 valence electrons. The lowest BCUT2D eigenvalue weighted by Gasteiger charge is -2.14. The molecule has 0 aliphatic carbocycles. The molecule has 0 saturated carbocycles. The second-order valence-electron chi connectivity index (χ2n) is 10.5. The van der Waals surface area contributed by atoms with Crippen molar-refractivity contribution < 1.29 is 4.58 Å². The third kappa shape index (κ3) is 7.54. The fraction of sp³-hybridized carbons (Fsp3) is 0.759. The van der Waals surface area contributed by atoms with Gasteiger partial charge in [0.25, 0.3) is 0 Å². The van der Waals surface area contributed by atoms with Crippen molar-refractivity contribution in [2.24, 2.45) is 5.92 Å². The minimum atomic E-state index is 0.172. The van der Waals surface area contributed by atoms with Gasteiger partial charge >= 0.3 is 0 Å². The molecule has 1 aromatic rings. The summed E-state index contributed by atoms with van der Waals surface area (Å²) in [6.07, 6.45) is 20.1. The standard InChI is InChI=1S/C29H50N/c1-6-7-8-9-10-11-12-13-14-15-16-17-18-21-25(2)24-30-26(3)29(4,5)27-22-19-20-23-28(27)30/h19-20,22-23,25H,6-18,21,24H2,1-5H3/q+1. The first kappa shape index (κ1) is 25.2. The van der Waals surface area contributed by atoms with Crippen molar-refractivity contribution in [1.82, 2.24) is 0 Å². The smallest absolute Gasteiger partial charge is 0.199 e. The Balaban J connectivity index is 1.54. The fourth-order valence-electron chi connectivity index (χ4n) is 5.10. The molecule has 1 unspecified atom stereocenters. The second-order valence-corrected chi connectivity index (χ2v) is 10.5. The van der Waals surface area contributed by atoms with E-state index >= 15 is 0 Å². The first-order valence-corrected chi connectivity index (χ1v) is 13.2. The zero-order valence-corrected chi connectivity index (χ0v) is 20.9. The molecule has 1 heteroatoms. The molecule has 1 aliphatic rings. The maximum atomic E-state index is 2.60. The van der Waals surface area contributed by atoms with Crippen molar-refractivity contribution in [2.45, 2.75) is 130 Å². The first-order valence-electron chi connectivity index (χ1n) is 13.2. The van der Waals surface area contributed by atoms with Gasteiger partial charge in [0, 0.05) is 24.5 Å². The average Bonchev–Trinajstić information content (AvgIpc) is 2.92. The van der Waals surface area contributed by atoms with E-state index in [-0.39, 0.29) is 5.41 Å². The monoisotopic (exact) mass is 412 g/mol. The van der Waals surface area contributed by atoms with E-state index in [1.807, 2.05) is 0 Å². The molecule has 1 aromatic carbocycles. The molecule has 0 amide bonds. The Hall–Kier alpha value is -1.11. The molecule has 0 bridgehead atoms. The quantitative estimate of drug-likeness (QED) is 0.188. The van der Waals surface area contributed by atoms with E-state index in [0.717, 1.165) is 5.92 Å². The van der Waals surface area contributed by atoms with Crippen LogP contribution in [-0.4, -0.2) is 16.8 Å². The number of fused-ring (bicyclic) bond motifs is 1. The highest BCUT2D eigenvalue weighted by Gasteiger charge is 2.42. The number of para-hydroxylation sites is 1. The van der Waals surface area contributed by atoms with Gasteiger partial charge in [-0.15, -0.1) is 0 Å². The van der Waals surface area contributed by atoms with E-state index in [9.17, 15) is 0 Å². The number of nitrogens with zero attached hydrogens (tertiary/aromatic N) is 1. The van der Waals surface area contributed by atoms with Crippen LogP contribution in [0.5, 0.6) is 0 Å². The van der Waals surface area contributed by atoms with Gasteiger partial charge in [0.2, 0.25) is 5.69 Å². The molecular formula is C29H50N+. The number of unbranched alkanes of at least 4 members (excludes halogenated alkanes) is 12. The summed E-state index contributed by atoms with van der Waals surface area (Å²) in [5.41, 5.74) is 4.63. The largest absolute Gasteiger partial charge is 0.209 e. The minimum Gasteiger partial charge on any atom is -0.199 e. The van der Waals surface area contributed by atoms with Gasteiger partial charge in [0.05, 0.1) is 5.41 Å². The summed E-state index contributed by atoms with van der Waals surface area (Å²) >= 11 is 0. The van der Waals surface area contributed by atoms with E-state index in [0.29, 0.717) is 0 Å². The maximum Gasteiger partial charge on any atom is 0.209 e. The topological polar surface area (TPSA) is 3.01 Å². The Morgan fingerprint density at radius 3 is 1.83 bits per heavy atom. The molecule has 30 heavy (non-hydrogen) atoms. The molecule has 0 saturated heterocycles. The molecule has 0 fully saturated rings. The van der Waals surface area contributed by atoms with Crippen LogP contribution in [0.25, 0.3) is 0 Å². The number of hydrogen-bond donors (Lipinski definition) is 0. The van der Waals surface area contributed by atoms with Crippen LogP contribution in [0, 0.1) is 5.92 Å². The van der Waals surface area contributed by atoms with Gasteiger partial charge in [0.15, 0.2) is 12.3 Å². The average molecular weight is 413 g/mol. The van der Waals surface area contributed by atoms with E-state index in [2.05, 4.69) is 63.5 Å². The first-order chi connectivity index (χ1) is 14.5. The van der Waals surface area contributed by atoms with Gasteiger partial charge in [-0.25, -0.2) is 0 Å². The second kappa shape index (κ2) is 13.3. The number of benzene rings is 1. The predicted molar refractivity (Wildman–Crippen MR) is 134 cm³/mol. The molecular weight excluding hydrogens is 362 g/mol. The van der Waals surface area contributed by atoms with Gasteiger partial charge in [-0.05, 0) is 20.3 Å². The summed E-state index contributed by atoms with van der Waals surface area (Å²) in [4.78, 5) is 0. The summed E-state index contributed by atoms with van der Waals surface area (Å²) < 4.78 is 2.60. The lowest BCUT2D eigenvalue weighted by Crippen LogP contribution is -2.27. The van der Waals surface area contributed by atoms with Gasteiger partial charge in [0.1, 0.15) is 0 Å². The molecule has 1 nitrogen and oxygen atoms in total. The highest BCUT2D eigenvalue weighted by Crippen LogP contribution is 2.39. The maximum absolute atomic E-state index is 2.60. The normalized spacial score (nSPS) is 16.2. The van der Waals surface area contributed by atoms with Crippen molar-refractivity contribution in [3.63, 3.8) is 0 Å². The Morgan fingerprint density at radius 2 is 1.27 bits per heavy atom. The van der Waals surface area contributed by atoms with Crippen LogP contribution in [0.15, 0.2) is 24.3 Å². The number of rotatable bonds is 16. The van der Waals surface area contributed by atoms with Crippen molar-refractivity contribution >= 4 is 11.4 Å². The van der Waals surface area contributed by atoms with Gasteiger partial charge in [-0.1, -0.05) is 116 Å². The van der Waals surface area contributed by atoms with Crippen molar-refractivity contribution in [3.8, 4) is 0 Å². The molecule has 1 atom stereocenters. The van der Waals surface area contributed by atoms with E-state index in [1.165, 1.54) is 113 Å². The van der Waals surface area contributed by atoms with Crippen LogP contribution in [0.2, 0.25) is 0 Å². The third-order valence-electron chi connectivity index (χ3n) is 7.47. The highest BCUT2D eigenvalue weighted by molar-refractivity contribution is 5.93. The van der Waals surface area contributed by atoms with Crippen molar-refractivity contribution in [1.29, 1.82) is 0 Å². The fourth-order valence-corrected chi connectivity index (χ4v) is 5.10. The Labute approximate surface area is 188 Å². The van der Waals surface area contributed by atoms with E-state index in [1.54, 1.807) is 0 Å². The Kier molecular flexibility index (Phi) is 11.2. The third-order valence-corrected chi connectivity index (χ3v) is 7.47. The molecule has 2 rings (SSSR count). The van der Waals surface area contributed by atoms with Crippen molar-refractivity contribution in [3.05, 3.63) is 29.8 Å². The lowest BCUT2D eigenvalue weighted by atomic mass is 9.82. The summed E-state index contributed by atoms with van der Waals surface area (Å²) in [6, 6.07) is 9.01. The summed E-state index contributed by atoms with van der Waals surface area (Å²) in [5, 5.41) is 0. The van der Waals surface area contributed by atoms with E-state index in [4.69, 9.17) is 0 Å². The number of hydrogen-bond acceptors (Lipinski definition) is 0. The summed E-state index contributed by atoms with van der Waals surface area (Å²) in [5.74, 6) is 0.759. The van der Waals surface area contributed by atoms with E-state index < -0.39 is 0 Å². The van der Waals surface area contributed by atoms with Gasteiger partial charge < -0.3 is 0 Å². The van der Waals surface area contributed by atoms with Crippen molar-refractivity contribution in [2.75, 3.05) is 6.54 Å².